The van der Waals surface area contributed by atoms with E-state index in [0.717, 1.165) is 17.1 Å². The minimum atomic E-state index is -0.587. The zero-order chi connectivity index (χ0) is 21.9. The average molecular weight is 415 g/mol. The maximum absolute atomic E-state index is 12.9. The van der Waals surface area contributed by atoms with Crippen molar-refractivity contribution in [3.8, 4) is 17.2 Å². The first-order chi connectivity index (χ1) is 14.5. The Morgan fingerprint density at radius 2 is 1.67 bits per heavy atom. The van der Waals surface area contributed by atoms with Gasteiger partial charge < -0.3 is 24.4 Å². The van der Waals surface area contributed by atoms with Crippen LogP contribution >= 0.6 is 0 Å². The van der Waals surface area contributed by atoms with E-state index < -0.39 is 6.04 Å². The fourth-order valence-electron chi connectivity index (χ4n) is 2.99. The second-order valence-corrected chi connectivity index (χ2v) is 6.79. The van der Waals surface area contributed by atoms with Crippen LogP contribution in [0.25, 0.3) is 0 Å². The summed E-state index contributed by atoms with van der Waals surface area (Å²) in [5.41, 5.74) is 0.896. The summed E-state index contributed by atoms with van der Waals surface area (Å²) in [7, 11) is 4.77. The van der Waals surface area contributed by atoms with Gasteiger partial charge in [0.2, 0.25) is 11.8 Å². The largest absolute Gasteiger partial charge is 0.497 e. The molecular weight excluding hydrogens is 384 g/mol. The predicted octanol–water partition coefficient (Wildman–Crippen LogP) is 3.03. The van der Waals surface area contributed by atoms with Gasteiger partial charge in [0.1, 0.15) is 23.3 Å². The Bertz CT molecular complexity index is 823. The van der Waals surface area contributed by atoms with Gasteiger partial charge in [0.25, 0.3) is 0 Å². The van der Waals surface area contributed by atoms with E-state index in [9.17, 15) is 9.59 Å². The van der Waals surface area contributed by atoms with Gasteiger partial charge in [-0.1, -0.05) is 12.1 Å². The highest BCUT2D eigenvalue weighted by Crippen LogP contribution is 2.19. The lowest BCUT2D eigenvalue weighted by Gasteiger charge is -2.28. The van der Waals surface area contributed by atoms with Gasteiger partial charge in [-0.2, -0.15) is 0 Å². The topological polar surface area (TPSA) is 77.1 Å². The first kappa shape index (κ1) is 23.1. The van der Waals surface area contributed by atoms with E-state index in [2.05, 4.69) is 5.32 Å². The van der Waals surface area contributed by atoms with Crippen LogP contribution in [0.3, 0.4) is 0 Å². The lowest BCUT2D eigenvalue weighted by Crippen LogP contribution is -2.46. The normalized spacial score (nSPS) is 11.3. The molecule has 2 aromatic rings. The minimum Gasteiger partial charge on any atom is -0.497 e. The van der Waals surface area contributed by atoms with Crippen molar-refractivity contribution >= 4 is 11.8 Å². The molecule has 0 fully saturated rings. The standard InChI is InChI=1S/C23H30N2O5/c1-17(23(27)24-2)25(16-18-7-5-8-21(15-18)29-4)22(26)9-6-14-30-20-12-10-19(28-3)11-13-20/h5,7-8,10-13,15,17H,6,9,14,16H2,1-4H3,(H,24,27)/t17-/m1/s1. The molecule has 7 heteroatoms. The van der Waals surface area contributed by atoms with E-state index in [1.807, 2.05) is 48.5 Å². The van der Waals surface area contributed by atoms with Crippen LogP contribution in [0.15, 0.2) is 48.5 Å². The Kier molecular flexibility index (Phi) is 9.00. The van der Waals surface area contributed by atoms with Gasteiger partial charge in [-0.25, -0.2) is 0 Å². The Hall–Kier alpha value is -3.22. The van der Waals surface area contributed by atoms with Crippen molar-refractivity contribution in [2.24, 2.45) is 0 Å². The van der Waals surface area contributed by atoms with E-state index in [4.69, 9.17) is 14.2 Å². The molecule has 162 valence electrons. The molecule has 0 aliphatic carbocycles. The number of nitrogens with one attached hydrogen (secondary N) is 1. The third-order valence-corrected chi connectivity index (χ3v) is 4.76. The number of methoxy groups -OCH3 is 2. The highest BCUT2D eigenvalue weighted by Gasteiger charge is 2.25. The highest BCUT2D eigenvalue weighted by atomic mass is 16.5. The number of ether oxygens (including phenoxy) is 3. The number of amides is 2. The molecule has 0 unspecified atom stereocenters. The van der Waals surface area contributed by atoms with Gasteiger partial charge in [0, 0.05) is 20.0 Å². The third kappa shape index (κ3) is 6.69. The molecule has 7 nitrogen and oxygen atoms in total. The lowest BCUT2D eigenvalue weighted by atomic mass is 10.1. The maximum Gasteiger partial charge on any atom is 0.242 e. The van der Waals surface area contributed by atoms with Crippen LogP contribution in [0.1, 0.15) is 25.3 Å². The summed E-state index contributed by atoms with van der Waals surface area (Å²) in [4.78, 5) is 26.7. The number of likely N-dealkylation sites (N-methyl/N-ethyl adjacent to an activating group) is 1. The quantitative estimate of drug-likeness (QED) is 0.572. The molecule has 30 heavy (non-hydrogen) atoms. The molecule has 2 aromatic carbocycles. The van der Waals surface area contributed by atoms with Crippen LogP contribution in [0.5, 0.6) is 17.2 Å². The molecule has 0 spiro atoms. The van der Waals surface area contributed by atoms with E-state index in [1.165, 1.54) is 0 Å². The van der Waals surface area contributed by atoms with Crippen molar-refractivity contribution < 1.29 is 23.8 Å². The zero-order valence-electron chi connectivity index (χ0n) is 18.0. The zero-order valence-corrected chi connectivity index (χ0v) is 18.0. The molecule has 0 saturated heterocycles. The van der Waals surface area contributed by atoms with E-state index in [1.54, 1.807) is 33.1 Å². The second-order valence-electron chi connectivity index (χ2n) is 6.79. The summed E-state index contributed by atoms with van der Waals surface area (Å²) in [5.74, 6) is 1.87. The van der Waals surface area contributed by atoms with Crippen LogP contribution in [0.4, 0.5) is 0 Å². The average Bonchev–Trinajstić information content (AvgIpc) is 2.79. The van der Waals surface area contributed by atoms with Crippen LogP contribution < -0.4 is 19.5 Å². The number of nitrogens with zero attached hydrogens (tertiary/aromatic N) is 1. The monoisotopic (exact) mass is 414 g/mol. The minimum absolute atomic E-state index is 0.104. The van der Waals surface area contributed by atoms with Crippen LogP contribution in [-0.4, -0.2) is 50.6 Å². The van der Waals surface area contributed by atoms with Gasteiger partial charge in [-0.05, 0) is 55.3 Å². The Balaban J connectivity index is 1.96. The Morgan fingerprint density at radius 1 is 1.00 bits per heavy atom. The van der Waals surface area contributed by atoms with Crippen molar-refractivity contribution in [3.63, 3.8) is 0 Å². The van der Waals surface area contributed by atoms with Crippen molar-refractivity contribution in [1.82, 2.24) is 10.2 Å². The molecule has 0 bridgehead atoms. The SMILES string of the molecule is CNC(=O)[C@@H](C)N(Cc1cccc(OC)c1)C(=O)CCCOc1ccc(OC)cc1. The predicted molar refractivity (Wildman–Crippen MR) is 115 cm³/mol. The smallest absolute Gasteiger partial charge is 0.242 e. The fourth-order valence-corrected chi connectivity index (χ4v) is 2.99. The molecule has 1 atom stereocenters. The van der Waals surface area contributed by atoms with E-state index in [0.29, 0.717) is 25.3 Å². The Labute approximate surface area is 177 Å². The molecule has 1 N–H and O–H groups in total. The van der Waals surface area contributed by atoms with Gasteiger partial charge in [0.05, 0.1) is 20.8 Å². The number of hydrogen-bond acceptors (Lipinski definition) is 5. The molecule has 0 aromatic heterocycles. The lowest BCUT2D eigenvalue weighted by molar-refractivity contribution is -0.140. The van der Waals surface area contributed by atoms with Gasteiger partial charge >= 0.3 is 0 Å². The number of carbonyl (C=O) groups is 2. The summed E-state index contributed by atoms with van der Waals surface area (Å²) >= 11 is 0. The van der Waals surface area contributed by atoms with E-state index in [-0.39, 0.29) is 18.2 Å². The van der Waals surface area contributed by atoms with Crippen molar-refractivity contribution in [2.75, 3.05) is 27.9 Å². The van der Waals surface area contributed by atoms with Gasteiger partial charge in [-0.3, -0.25) is 9.59 Å². The van der Waals surface area contributed by atoms with E-state index >= 15 is 0 Å². The van der Waals surface area contributed by atoms with Crippen molar-refractivity contribution in [2.45, 2.75) is 32.4 Å². The Morgan fingerprint density at radius 3 is 2.30 bits per heavy atom. The molecular formula is C23H30N2O5. The summed E-state index contributed by atoms with van der Waals surface area (Å²) < 4.78 is 16.1. The van der Waals surface area contributed by atoms with Crippen molar-refractivity contribution in [3.05, 3.63) is 54.1 Å². The maximum atomic E-state index is 12.9. The number of benzene rings is 2. The summed E-state index contributed by atoms with van der Waals surface area (Å²) in [6.45, 7) is 2.45. The molecule has 2 amide bonds. The molecule has 0 saturated carbocycles. The summed E-state index contributed by atoms with van der Waals surface area (Å²) in [5, 5.41) is 2.61. The van der Waals surface area contributed by atoms with Crippen molar-refractivity contribution in [1.29, 1.82) is 0 Å². The first-order valence-corrected chi connectivity index (χ1v) is 9.89. The number of carbonyl (C=O) groups excluding carboxylic acids is 2. The first-order valence-electron chi connectivity index (χ1n) is 9.89. The molecule has 0 heterocycles. The molecule has 0 aliphatic heterocycles. The van der Waals surface area contributed by atoms with Gasteiger partial charge in [0.15, 0.2) is 0 Å². The third-order valence-electron chi connectivity index (χ3n) is 4.76. The fraction of sp³-hybridized carbons (Fsp3) is 0.391. The molecule has 2 rings (SSSR count). The van der Waals surface area contributed by atoms with Crippen LogP contribution in [0, 0.1) is 0 Å². The molecule has 0 radical (unpaired) electrons. The highest BCUT2D eigenvalue weighted by molar-refractivity contribution is 5.87. The number of hydrogen-bond donors (Lipinski definition) is 1. The van der Waals surface area contributed by atoms with Crippen LogP contribution in [-0.2, 0) is 16.1 Å². The molecule has 0 aliphatic rings. The van der Waals surface area contributed by atoms with Gasteiger partial charge in [-0.15, -0.1) is 0 Å². The summed E-state index contributed by atoms with van der Waals surface area (Å²) in [6, 6.07) is 14.2. The van der Waals surface area contributed by atoms with Crippen LogP contribution in [0.2, 0.25) is 0 Å². The number of rotatable bonds is 11. The second kappa shape index (κ2) is 11.7. The summed E-state index contributed by atoms with van der Waals surface area (Å²) in [6.07, 6.45) is 0.821.